The normalized spacial score (nSPS) is 20.9. The molecule has 15 heteroatoms. The summed E-state index contributed by atoms with van der Waals surface area (Å²) >= 11 is 0. The monoisotopic (exact) mass is 561 g/mol. The lowest BCUT2D eigenvalue weighted by Gasteiger charge is -2.39. The molecule has 0 aliphatic carbocycles. The molecular formula is C25H36FN9O5. The zero-order chi connectivity index (χ0) is 28.7. The number of urea groups is 1. The van der Waals surface area contributed by atoms with Crippen LogP contribution in [0.3, 0.4) is 0 Å². The fraction of sp³-hybridized carbons (Fsp3) is 0.600. The zero-order valence-electron chi connectivity index (χ0n) is 22.9. The van der Waals surface area contributed by atoms with Crippen LogP contribution in [0.4, 0.5) is 31.6 Å². The summed E-state index contributed by atoms with van der Waals surface area (Å²) in [6, 6.07) is 0.175. The third-order valence-corrected chi connectivity index (χ3v) is 7.02. The van der Waals surface area contributed by atoms with Crippen LogP contribution in [-0.2, 0) is 4.74 Å². The third kappa shape index (κ3) is 7.63. The first-order valence-corrected chi connectivity index (χ1v) is 13.2. The molecule has 2 aromatic heterocycles. The van der Waals surface area contributed by atoms with Gasteiger partial charge in [-0.05, 0) is 39.3 Å². The van der Waals surface area contributed by atoms with Crippen LogP contribution >= 0.6 is 0 Å². The number of aliphatic hydroxyl groups is 1. The van der Waals surface area contributed by atoms with E-state index in [0.29, 0.717) is 31.9 Å². The fourth-order valence-electron chi connectivity index (χ4n) is 4.49. The topological polar surface area (TPSA) is 158 Å². The van der Waals surface area contributed by atoms with Crippen LogP contribution in [0, 0.1) is 0 Å². The number of carbonyl (C=O) groups is 2. The van der Waals surface area contributed by atoms with E-state index in [1.165, 1.54) is 36.6 Å². The number of rotatable bonds is 8. The van der Waals surface area contributed by atoms with E-state index in [9.17, 15) is 19.1 Å². The van der Waals surface area contributed by atoms with Crippen molar-refractivity contribution in [2.24, 2.45) is 0 Å². The van der Waals surface area contributed by atoms with Gasteiger partial charge in [0.25, 0.3) is 0 Å². The lowest BCUT2D eigenvalue weighted by atomic mass is 9.93. The smallest absolute Gasteiger partial charge is 0.412 e. The highest BCUT2D eigenvalue weighted by Crippen LogP contribution is 2.24. The number of piperidine rings is 2. The van der Waals surface area contributed by atoms with Gasteiger partial charge in [-0.25, -0.2) is 28.9 Å². The first kappa shape index (κ1) is 29.1. The molecule has 0 unspecified atom stereocenters. The number of nitrogens with one attached hydrogen (secondary N) is 2. The number of aromatic nitrogens is 4. The molecule has 0 spiro atoms. The maximum Gasteiger partial charge on any atom is 0.412 e. The minimum Gasteiger partial charge on any atom is -0.477 e. The van der Waals surface area contributed by atoms with Gasteiger partial charge in [0.2, 0.25) is 11.8 Å². The van der Waals surface area contributed by atoms with Crippen molar-refractivity contribution in [2.45, 2.75) is 44.0 Å². The number of halogens is 1. The molecule has 0 bridgehead atoms. The largest absolute Gasteiger partial charge is 0.477 e. The van der Waals surface area contributed by atoms with Gasteiger partial charge >= 0.3 is 12.1 Å². The summed E-state index contributed by atoms with van der Waals surface area (Å²) < 4.78 is 25.4. The van der Waals surface area contributed by atoms with Gasteiger partial charge < -0.3 is 29.3 Å². The molecule has 40 heavy (non-hydrogen) atoms. The maximum absolute atomic E-state index is 14.9. The molecule has 2 atom stereocenters. The predicted molar refractivity (Wildman–Crippen MR) is 144 cm³/mol. The van der Waals surface area contributed by atoms with Crippen molar-refractivity contribution in [3.8, 4) is 5.88 Å². The number of likely N-dealkylation sites (N-methyl/N-ethyl adjacent to an activating group) is 1. The van der Waals surface area contributed by atoms with Gasteiger partial charge in [-0.1, -0.05) is 0 Å². The van der Waals surface area contributed by atoms with Gasteiger partial charge in [0.1, 0.15) is 24.2 Å². The molecule has 2 aliphatic rings. The minimum absolute atomic E-state index is 0.118. The number of carbonyl (C=O) groups excluding carboxylic acids is 2. The Bertz CT molecular complexity index is 1150. The maximum atomic E-state index is 14.9. The van der Waals surface area contributed by atoms with Crippen LogP contribution in [0.25, 0.3) is 0 Å². The summed E-state index contributed by atoms with van der Waals surface area (Å²) in [5.74, 6) is 1.01. The summed E-state index contributed by atoms with van der Waals surface area (Å²) in [5.41, 5.74) is -1.05. The number of ether oxygens (including phenoxy) is 2. The second-order valence-electron chi connectivity index (χ2n) is 10.0. The van der Waals surface area contributed by atoms with Crippen LogP contribution in [0.2, 0.25) is 0 Å². The van der Waals surface area contributed by atoms with Gasteiger partial charge in [-0.15, -0.1) is 0 Å². The van der Waals surface area contributed by atoms with Crippen LogP contribution in [-0.4, -0.2) is 118 Å². The Morgan fingerprint density at radius 3 is 2.65 bits per heavy atom. The van der Waals surface area contributed by atoms with Crippen molar-refractivity contribution < 1.29 is 28.6 Å². The van der Waals surface area contributed by atoms with Gasteiger partial charge in [-0.3, -0.25) is 10.6 Å². The molecule has 0 saturated carbocycles. The van der Waals surface area contributed by atoms with E-state index in [4.69, 9.17) is 9.47 Å². The summed E-state index contributed by atoms with van der Waals surface area (Å²) in [5, 5.41) is 15.8. The van der Waals surface area contributed by atoms with Crippen LogP contribution in [0.5, 0.6) is 5.88 Å². The fourth-order valence-corrected chi connectivity index (χ4v) is 4.49. The highest BCUT2D eigenvalue weighted by Gasteiger charge is 2.36. The third-order valence-electron chi connectivity index (χ3n) is 7.02. The number of nitrogens with zero attached hydrogens (tertiary/aromatic N) is 7. The van der Waals surface area contributed by atoms with Gasteiger partial charge in [0.05, 0.1) is 25.0 Å². The molecule has 3 amide bonds. The van der Waals surface area contributed by atoms with Gasteiger partial charge in [-0.2, -0.15) is 4.98 Å². The Morgan fingerprint density at radius 1 is 1.18 bits per heavy atom. The Labute approximate surface area is 231 Å². The molecule has 2 aromatic rings. The molecule has 2 fully saturated rings. The predicted octanol–water partition coefficient (Wildman–Crippen LogP) is 1.75. The molecule has 2 saturated heterocycles. The van der Waals surface area contributed by atoms with Crippen molar-refractivity contribution in [2.75, 3.05) is 69.0 Å². The second-order valence-corrected chi connectivity index (χ2v) is 10.0. The average molecular weight is 562 g/mol. The van der Waals surface area contributed by atoms with Crippen molar-refractivity contribution >= 4 is 29.7 Å². The number of amides is 3. The SMILES string of the molecule is CCOc1cnc(NC(=O)N(C)[C@H]2CN(c3nccc(NC(=O)OCC4(O)CCN(C)CC4)n3)CC[C@H]2F)cn1. The number of likely N-dealkylation sites (tertiary alicyclic amines) is 1. The molecule has 4 rings (SSSR count). The quantitative estimate of drug-likeness (QED) is 0.431. The number of anilines is 3. The first-order valence-electron chi connectivity index (χ1n) is 13.2. The summed E-state index contributed by atoms with van der Waals surface area (Å²) in [4.78, 5) is 47.1. The first-order chi connectivity index (χ1) is 19.2. The molecular weight excluding hydrogens is 525 g/mol. The molecule has 2 aliphatic heterocycles. The average Bonchev–Trinajstić information content (AvgIpc) is 2.95. The van der Waals surface area contributed by atoms with E-state index in [2.05, 4.69) is 35.5 Å². The summed E-state index contributed by atoms with van der Waals surface area (Å²) in [6.45, 7) is 4.05. The zero-order valence-corrected chi connectivity index (χ0v) is 22.9. The van der Waals surface area contributed by atoms with Crippen LogP contribution in [0.1, 0.15) is 26.2 Å². The Balaban J connectivity index is 1.32. The van der Waals surface area contributed by atoms with Crippen molar-refractivity contribution in [3.63, 3.8) is 0 Å². The lowest BCUT2D eigenvalue weighted by molar-refractivity contribution is -0.0575. The number of hydrogen-bond acceptors (Lipinski definition) is 11. The standard InChI is InChI=1S/C25H36FN9O5/c1-4-39-21-14-28-20(13-29-21)31-23(36)34(3)18-15-35(10-6-17(18)26)22-27-9-5-19(30-22)32-24(37)40-16-25(38)7-11-33(2)12-8-25/h5,9,13-14,17-18,38H,4,6-8,10-12,15-16H2,1-3H3,(H,28,31,36)(H,27,30,32,37)/t17-,18+/m1/s1. The molecule has 3 N–H and O–H groups in total. The molecule has 0 aromatic carbocycles. The van der Waals surface area contributed by atoms with Crippen molar-refractivity contribution in [1.82, 2.24) is 29.7 Å². The summed E-state index contributed by atoms with van der Waals surface area (Å²) in [7, 11) is 3.48. The molecule has 218 valence electrons. The van der Waals surface area contributed by atoms with E-state index in [1.807, 2.05) is 14.0 Å². The van der Waals surface area contributed by atoms with Crippen molar-refractivity contribution in [3.05, 3.63) is 24.7 Å². The highest BCUT2D eigenvalue weighted by molar-refractivity contribution is 5.88. The van der Waals surface area contributed by atoms with E-state index in [1.54, 1.807) is 4.90 Å². The van der Waals surface area contributed by atoms with E-state index >= 15 is 0 Å². The Hall–Kier alpha value is -3.85. The Morgan fingerprint density at radius 2 is 1.95 bits per heavy atom. The molecule has 0 radical (unpaired) electrons. The number of hydrogen-bond donors (Lipinski definition) is 3. The van der Waals surface area contributed by atoms with E-state index < -0.39 is 29.9 Å². The lowest BCUT2D eigenvalue weighted by Crippen LogP contribution is -2.55. The second kappa shape index (κ2) is 13.0. The molecule has 4 heterocycles. The Kier molecular flexibility index (Phi) is 9.47. The highest BCUT2D eigenvalue weighted by atomic mass is 19.1. The van der Waals surface area contributed by atoms with Gasteiger partial charge in [0.15, 0.2) is 5.82 Å². The van der Waals surface area contributed by atoms with Crippen molar-refractivity contribution in [1.29, 1.82) is 0 Å². The van der Waals surface area contributed by atoms with E-state index in [-0.39, 0.29) is 37.2 Å². The molecule has 14 nitrogen and oxygen atoms in total. The van der Waals surface area contributed by atoms with Crippen LogP contribution in [0.15, 0.2) is 24.7 Å². The van der Waals surface area contributed by atoms with Gasteiger partial charge in [0, 0.05) is 39.4 Å². The van der Waals surface area contributed by atoms with Crippen LogP contribution < -0.4 is 20.3 Å². The minimum atomic E-state index is -1.26. The van der Waals surface area contributed by atoms with E-state index in [0.717, 1.165) is 13.1 Å². The number of alkyl halides is 1. The summed E-state index contributed by atoms with van der Waals surface area (Å²) in [6.07, 6.45) is 3.40.